The maximum atomic E-state index is 14.4. The fourth-order valence-electron chi connectivity index (χ4n) is 8.93. The van der Waals surface area contributed by atoms with Gasteiger partial charge in [-0.25, -0.2) is 9.48 Å². The summed E-state index contributed by atoms with van der Waals surface area (Å²) in [5, 5.41) is 9.17. The zero-order chi connectivity index (χ0) is 38.9. The van der Waals surface area contributed by atoms with Crippen LogP contribution in [0.25, 0.3) is 21.8 Å². The highest BCUT2D eigenvalue weighted by molar-refractivity contribution is 6.94. The molecule has 2 aromatic carbocycles. The lowest BCUT2D eigenvalue weighted by atomic mass is 9.79. The molecule has 4 aromatic rings. The van der Waals surface area contributed by atoms with Crippen molar-refractivity contribution in [1.82, 2.24) is 39.3 Å². The second-order valence-electron chi connectivity index (χ2n) is 15.7. The number of carbonyl (C=O) groups is 4. The van der Waals surface area contributed by atoms with E-state index in [9.17, 15) is 24.0 Å². The maximum absolute atomic E-state index is 14.4. The van der Waals surface area contributed by atoms with Gasteiger partial charge in [-0.3, -0.25) is 28.6 Å². The molecule has 6 aliphatic rings. The Morgan fingerprint density at radius 3 is 2.30 bits per heavy atom. The molecule has 0 saturated carbocycles. The Bertz CT molecular complexity index is 2200. The fourth-order valence-corrected chi connectivity index (χ4v) is 8.93. The molecule has 1 atom stereocenters. The highest BCUT2D eigenvalue weighted by Crippen LogP contribution is 2.29. The normalized spacial score (nSPS) is 22.6. The van der Waals surface area contributed by atoms with Gasteiger partial charge < -0.3 is 29.5 Å². The molecule has 294 valence electrons. The maximum Gasteiger partial charge on any atom is 0.392 e. The molecule has 0 aliphatic carbocycles. The number of amides is 3. The van der Waals surface area contributed by atoms with Gasteiger partial charge in [0.25, 0.3) is 17.3 Å². The predicted octanol–water partition coefficient (Wildman–Crippen LogP) is 3.04. The van der Waals surface area contributed by atoms with Crippen molar-refractivity contribution in [2.75, 3.05) is 59.4 Å². The van der Waals surface area contributed by atoms with Crippen LogP contribution in [-0.4, -0.2) is 136 Å². The molecule has 0 spiro atoms. The number of ether oxygens (including phenoxy) is 2. The molecule has 8 bridgehead atoms. The summed E-state index contributed by atoms with van der Waals surface area (Å²) in [4.78, 5) is 76.4. The van der Waals surface area contributed by atoms with E-state index in [1.165, 1.54) is 4.57 Å². The van der Waals surface area contributed by atoms with E-state index < -0.39 is 25.1 Å². The van der Waals surface area contributed by atoms with E-state index in [1.54, 1.807) is 27.9 Å². The summed E-state index contributed by atoms with van der Waals surface area (Å²) in [5.74, 6) is -1.83. The third-order valence-electron chi connectivity index (χ3n) is 12.1. The Morgan fingerprint density at radius 1 is 0.839 bits per heavy atom. The van der Waals surface area contributed by atoms with Crippen molar-refractivity contribution >= 4 is 52.8 Å². The third-order valence-corrected chi connectivity index (χ3v) is 12.1. The molecule has 6 aliphatic heterocycles. The van der Waals surface area contributed by atoms with Crippen molar-refractivity contribution in [2.45, 2.75) is 70.5 Å². The number of aryl methyl sites for hydroxylation is 1. The fraction of sp³-hybridized carbons (Fsp3) is 0.500. The Kier molecular flexibility index (Phi) is 10.8. The van der Waals surface area contributed by atoms with E-state index in [0.717, 1.165) is 66.4 Å². The first-order valence-corrected chi connectivity index (χ1v) is 19.8. The number of nitrogens with zero attached hydrogens (tertiary/aromatic N) is 7. The summed E-state index contributed by atoms with van der Waals surface area (Å²) in [6.45, 7) is 7.59. The predicted molar refractivity (Wildman–Crippen MR) is 211 cm³/mol. The van der Waals surface area contributed by atoms with Crippen LogP contribution in [0.2, 0.25) is 0 Å². The average molecular weight is 765 g/mol. The standard InChI is InChI=1S/C40H49BN8O7/c1-26-19-27-20-30-23-42-49(35(26)30)25-56-39(53)41-38(52)55-24-48-34-6-4-3-5-29(34)22-32(36(48)50)28-7-11-47(12-8-28)40(54)43-33(21-27)37(51)46-13-9-31(10-14-46)45-17-15-44(2)16-18-45/h3-6,19-20,22-23,28,31,33,41H,7-18,21,24-25H2,1-2H3,(H,43,54)/t33-/m1/s1. The first kappa shape index (κ1) is 37.7. The van der Waals surface area contributed by atoms with Crippen molar-refractivity contribution in [3.8, 4) is 0 Å². The van der Waals surface area contributed by atoms with Gasteiger partial charge in [-0.1, -0.05) is 24.3 Å². The zero-order valence-electron chi connectivity index (χ0n) is 32.2. The SMILES string of the molecule is Cc1cc2cc3cnn(c13)COC(=O)BC(=O)OCn1c(=O)c(cc3ccccc31)C1CCN(CC1)C(=O)N[C@@H](C(=O)N1CCC(N3CCN(C)CC3)CC1)C2. The molecule has 56 heavy (non-hydrogen) atoms. The molecule has 0 radical (unpaired) electrons. The summed E-state index contributed by atoms with van der Waals surface area (Å²) >= 11 is 0. The molecule has 3 saturated heterocycles. The Morgan fingerprint density at radius 2 is 1.55 bits per heavy atom. The lowest BCUT2D eigenvalue weighted by molar-refractivity contribution is -0.135. The van der Waals surface area contributed by atoms with Crippen molar-refractivity contribution in [3.05, 3.63) is 75.7 Å². The number of hydrogen-bond donors (Lipinski definition) is 1. The van der Waals surface area contributed by atoms with E-state index >= 15 is 0 Å². The minimum atomic E-state index is -0.816. The lowest BCUT2D eigenvalue weighted by Gasteiger charge is -2.42. The molecule has 10 rings (SSSR count). The zero-order valence-corrected chi connectivity index (χ0v) is 32.2. The highest BCUT2D eigenvalue weighted by Gasteiger charge is 2.34. The van der Waals surface area contributed by atoms with E-state index in [2.05, 4.69) is 27.3 Å². The number of hydrogen-bond acceptors (Lipinski definition) is 10. The second-order valence-corrected chi connectivity index (χ2v) is 15.7. The van der Waals surface area contributed by atoms with Crippen molar-refractivity contribution < 1.29 is 28.7 Å². The van der Waals surface area contributed by atoms with Crippen LogP contribution >= 0.6 is 0 Å². The van der Waals surface area contributed by atoms with Gasteiger partial charge in [0.15, 0.2) is 13.5 Å². The van der Waals surface area contributed by atoms with Gasteiger partial charge in [-0.2, -0.15) is 5.10 Å². The van der Waals surface area contributed by atoms with Crippen LogP contribution in [0.4, 0.5) is 14.4 Å². The number of pyridine rings is 1. The molecule has 3 fully saturated rings. The summed E-state index contributed by atoms with van der Waals surface area (Å²) in [7, 11) is 1.53. The number of likely N-dealkylation sites (N-methyl/N-ethyl adjacent to an activating group) is 1. The van der Waals surface area contributed by atoms with Gasteiger partial charge in [0.2, 0.25) is 5.91 Å². The number of aromatic nitrogens is 3. The van der Waals surface area contributed by atoms with Crippen LogP contribution in [0.15, 0.2) is 53.5 Å². The number of nitrogens with one attached hydrogen (secondary N) is 1. The number of piperazine rings is 1. The number of rotatable bonds is 2. The van der Waals surface area contributed by atoms with Gasteiger partial charge in [0.1, 0.15) is 6.04 Å². The van der Waals surface area contributed by atoms with Crippen molar-refractivity contribution in [1.29, 1.82) is 0 Å². The molecule has 1 N–H and O–H groups in total. The summed E-state index contributed by atoms with van der Waals surface area (Å²) < 4.78 is 13.8. The summed E-state index contributed by atoms with van der Waals surface area (Å²) in [5.41, 5.74) is 3.36. The smallest absolute Gasteiger partial charge is 0.392 e. The Labute approximate surface area is 325 Å². The number of piperidine rings is 2. The lowest BCUT2D eigenvalue weighted by Crippen LogP contribution is -2.57. The van der Waals surface area contributed by atoms with E-state index in [1.807, 2.05) is 42.2 Å². The molecule has 2 aromatic heterocycles. The van der Waals surface area contributed by atoms with Gasteiger partial charge >= 0.3 is 13.3 Å². The molecule has 3 amide bonds. The quantitative estimate of drug-likeness (QED) is 0.302. The number of likely N-dealkylation sites (tertiary alicyclic amines) is 1. The number of urea groups is 1. The monoisotopic (exact) mass is 764 g/mol. The molecule has 0 unspecified atom stereocenters. The molecule has 15 nitrogen and oxygen atoms in total. The Hall–Kier alpha value is -5.22. The molecular weight excluding hydrogens is 715 g/mol. The van der Waals surface area contributed by atoms with Gasteiger partial charge in [-0.05, 0) is 80.3 Å². The van der Waals surface area contributed by atoms with E-state index in [-0.39, 0.29) is 43.3 Å². The van der Waals surface area contributed by atoms with Crippen LogP contribution in [0.1, 0.15) is 48.3 Å². The molecular formula is C40H49BN8O7. The minimum Gasteiger partial charge on any atom is -0.451 e. The van der Waals surface area contributed by atoms with Gasteiger partial charge in [0, 0.05) is 75.8 Å². The number of benzene rings is 2. The van der Waals surface area contributed by atoms with Crippen LogP contribution in [0, 0.1) is 6.92 Å². The van der Waals surface area contributed by atoms with E-state index in [4.69, 9.17) is 9.47 Å². The van der Waals surface area contributed by atoms with Crippen LogP contribution in [-0.2, 0) is 34.2 Å². The summed E-state index contributed by atoms with van der Waals surface area (Å²) in [6.07, 6.45) is 4.85. The first-order valence-electron chi connectivity index (χ1n) is 19.8. The first-order chi connectivity index (χ1) is 27.1. The second kappa shape index (κ2) is 16.1. The molecule has 16 heteroatoms. The van der Waals surface area contributed by atoms with Crippen LogP contribution in [0.5, 0.6) is 0 Å². The number of para-hydroxylation sites is 1. The third kappa shape index (κ3) is 7.89. The van der Waals surface area contributed by atoms with Crippen molar-refractivity contribution in [2.24, 2.45) is 0 Å². The Balaban J connectivity index is 1.07. The van der Waals surface area contributed by atoms with Gasteiger partial charge in [-0.15, -0.1) is 0 Å². The van der Waals surface area contributed by atoms with E-state index in [0.29, 0.717) is 56.1 Å². The van der Waals surface area contributed by atoms with Crippen LogP contribution in [0.3, 0.4) is 0 Å². The number of carbonyl (C=O) groups excluding carboxylic acids is 4. The highest BCUT2D eigenvalue weighted by atomic mass is 16.6. The largest absolute Gasteiger partial charge is 0.451 e. The number of fused-ring (bicyclic) bond motifs is 2. The summed E-state index contributed by atoms with van der Waals surface area (Å²) in [6, 6.07) is 12.5. The average Bonchev–Trinajstić information content (AvgIpc) is 3.62. The molecule has 8 heterocycles. The van der Waals surface area contributed by atoms with Crippen molar-refractivity contribution in [3.63, 3.8) is 0 Å². The topological polar surface area (TPSA) is 152 Å². The van der Waals surface area contributed by atoms with Crippen LogP contribution < -0.4 is 10.9 Å². The van der Waals surface area contributed by atoms with Gasteiger partial charge in [0.05, 0.1) is 17.2 Å². The minimum absolute atomic E-state index is 0.0931.